The first-order valence-corrected chi connectivity index (χ1v) is 7.18. The van der Waals surface area contributed by atoms with Crippen molar-refractivity contribution >= 4 is 5.69 Å². The largest absolute Gasteiger partial charge is 0.433 e. The SMILES string of the molecule is CC(C)CC(CC(C)C)Nc1ccccc1OC(F)F. The van der Waals surface area contributed by atoms with E-state index in [4.69, 9.17) is 0 Å². The van der Waals surface area contributed by atoms with E-state index >= 15 is 0 Å². The lowest BCUT2D eigenvalue weighted by Crippen LogP contribution is -2.24. The van der Waals surface area contributed by atoms with Crippen molar-refractivity contribution < 1.29 is 13.5 Å². The molecule has 0 amide bonds. The average molecular weight is 285 g/mol. The Kier molecular flexibility index (Phi) is 6.76. The van der Waals surface area contributed by atoms with Crippen LogP contribution in [0, 0.1) is 11.8 Å². The molecule has 1 aromatic rings. The summed E-state index contributed by atoms with van der Waals surface area (Å²) < 4.78 is 29.4. The van der Waals surface area contributed by atoms with Crippen LogP contribution < -0.4 is 10.1 Å². The van der Waals surface area contributed by atoms with Gasteiger partial charge in [-0.3, -0.25) is 0 Å². The summed E-state index contributed by atoms with van der Waals surface area (Å²) in [5, 5.41) is 3.36. The van der Waals surface area contributed by atoms with Crippen LogP contribution in [0.1, 0.15) is 40.5 Å². The van der Waals surface area contributed by atoms with Crippen molar-refractivity contribution in [3.05, 3.63) is 24.3 Å². The molecule has 114 valence electrons. The van der Waals surface area contributed by atoms with E-state index in [-0.39, 0.29) is 11.8 Å². The highest BCUT2D eigenvalue weighted by Crippen LogP contribution is 2.28. The van der Waals surface area contributed by atoms with Gasteiger partial charge in [-0.1, -0.05) is 39.8 Å². The smallest absolute Gasteiger partial charge is 0.387 e. The van der Waals surface area contributed by atoms with Gasteiger partial charge in [0.1, 0.15) is 5.75 Å². The van der Waals surface area contributed by atoms with Crippen LogP contribution in [0.3, 0.4) is 0 Å². The fraction of sp³-hybridized carbons (Fsp3) is 0.625. The van der Waals surface area contributed by atoms with Crippen molar-refractivity contribution in [3.63, 3.8) is 0 Å². The molecule has 0 aliphatic carbocycles. The average Bonchev–Trinajstić information content (AvgIpc) is 2.29. The zero-order valence-corrected chi connectivity index (χ0v) is 12.7. The van der Waals surface area contributed by atoms with Gasteiger partial charge in [0.05, 0.1) is 5.69 Å². The molecule has 1 N–H and O–H groups in total. The lowest BCUT2D eigenvalue weighted by Gasteiger charge is -2.24. The second-order valence-electron chi connectivity index (χ2n) is 5.98. The van der Waals surface area contributed by atoms with Crippen LogP contribution in [0.15, 0.2) is 24.3 Å². The second-order valence-corrected chi connectivity index (χ2v) is 5.98. The minimum absolute atomic E-state index is 0.208. The maximum Gasteiger partial charge on any atom is 0.387 e. The number of nitrogens with one attached hydrogen (secondary N) is 1. The number of benzene rings is 1. The van der Waals surface area contributed by atoms with Crippen molar-refractivity contribution in [3.8, 4) is 5.75 Å². The zero-order chi connectivity index (χ0) is 15.1. The molecule has 0 atom stereocenters. The second kappa shape index (κ2) is 8.08. The van der Waals surface area contributed by atoms with Gasteiger partial charge >= 0.3 is 6.61 Å². The van der Waals surface area contributed by atoms with Gasteiger partial charge in [0.2, 0.25) is 0 Å². The van der Waals surface area contributed by atoms with Crippen molar-refractivity contribution in [2.45, 2.75) is 53.2 Å². The highest BCUT2D eigenvalue weighted by Gasteiger charge is 2.16. The molecule has 0 unspecified atom stereocenters. The number of para-hydroxylation sites is 2. The third kappa shape index (κ3) is 6.22. The molecule has 0 aliphatic heterocycles. The molecule has 0 saturated carbocycles. The van der Waals surface area contributed by atoms with Gasteiger partial charge in [-0.2, -0.15) is 8.78 Å². The lowest BCUT2D eigenvalue weighted by atomic mass is 9.95. The van der Waals surface area contributed by atoms with Gasteiger partial charge in [0, 0.05) is 6.04 Å². The number of anilines is 1. The summed E-state index contributed by atoms with van der Waals surface area (Å²) in [4.78, 5) is 0. The Morgan fingerprint density at radius 2 is 1.55 bits per heavy atom. The lowest BCUT2D eigenvalue weighted by molar-refractivity contribution is -0.0494. The molecule has 2 nitrogen and oxygen atoms in total. The Bertz CT molecular complexity index is 384. The number of hydrogen-bond acceptors (Lipinski definition) is 2. The van der Waals surface area contributed by atoms with Crippen molar-refractivity contribution in [2.24, 2.45) is 11.8 Å². The maximum atomic E-state index is 12.4. The molecule has 0 bridgehead atoms. The molecule has 0 aromatic heterocycles. The number of ether oxygens (including phenoxy) is 1. The van der Waals surface area contributed by atoms with Gasteiger partial charge in [-0.15, -0.1) is 0 Å². The van der Waals surface area contributed by atoms with Crippen LogP contribution in [0.4, 0.5) is 14.5 Å². The van der Waals surface area contributed by atoms with Gasteiger partial charge in [-0.25, -0.2) is 0 Å². The van der Waals surface area contributed by atoms with Crippen LogP contribution in [0.5, 0.6) is 5.75 Å². The van der Waals surface area contributed by atoms with E-state index in [1.54, 1.807) is 18.2 Å². The van der Waals surface area contributed by atoms with Crippen molar-refractivity contribution in [1.29, 1.82) is 0 Å². The van der Waals surface area contributed by atoms with Gasteiger partial charge in [0.15, 0.2) is 0 Å². The van der Waals surface area contributed by atoms with Crippen LogP contribution >= 0.6 is 0 Å². The first-order chi connectivity index (χ1) is 9.38. The van der Waals surface area contributed by atoms with Crippen LogP contribution in [0.25, 0.3) is 0 Å². The predicted molar refractivity (Wildman–Crippen MR) is 79.4 cm³/mol. The standard InChI is InChI=1S/C16H25F2NO/c1-11(2)9-13(10-12(3)4)19-14-7-5-6-8-15(14)20-16(17)18/h5-8,11-13,16,19H,9-10H2,1-4H3. The topological polar surface area (TPSA) is 21.3 Å². The summed E-state index contributed by atoms with van der Waals surface area (Å²) in [7, 11) is 0. The number of hydrogen-bond donors (Lipinski definition) is 1. The molecule has 0 radical (unpaired) electrons. The van der Waals surface area contributed by atoms with E-state index in [0.29, 0.717) is 17.5 Å². The van der Waals surface area contributed by atoms with E-state index in [2.05, 4.69) is 37.7 Å². The number of alkyl halides is 2. The fourth-order valence-corrected chi connectivity index (χ4v) is 2.36. The molecule has 1 aromatic carbocycles. The molecule has 0 saturated heterocycles. The van der Waals surface area contributed by atoms with Crippen molar-refractivity contribution in [1.82, 2.24) is 0 Å². The molecular weight excluding hydrogens is 260 g/mol. The Labute approximate surface area is 120 Å². The molecule has 1 rings (SSSR count). The summed E-state index contributed by atoms with van der Waals surface area (Å²) in [6.07, 6.45) is 2.00. The summed E-state index contributed by atoms with van der Waals surface area (Å²) in [6, 6.07) is 7.13. The Balaban J connectivity index is 2.81. The Hall–Kier alpha value is -1.32. The van der Waals surface area contributed by atoms with Crippen LogP contribution in [-0.4, -0.2) is 12.7 Å². The third-order valence-electron chi connectivity index (χ3n) is 2.97. The molecule has 0 heterocycles. The zero-order valence-electron chi connectivity index (χ0n) is 12.7. The first-order valence-electron chi connectivity index (χ1n) is 7.18. The van der Waals surface area contributed by atoms with E-state index < -0.39 is 6.61 Å². The Morgan fingerprint density at radius 1 is 1.00 bits per heavy atom. The highest BCUT2D eigenvalue weighted by molar-refractivity contribution is 5.56. The minimum Gasteiger partial charge on any atom is -0.433 e. The van der Waals surface area contributed by atoms with E-state index in [1.165, 1.54) is 0 Å². The number of halogens is 2. The van der Waals surface area contributed by atoms with E-state index in [0.717, 1.165) is 12.8 Å². The summed E-state index contributed by atoms with van der Waals surface area (Å²) in [5.74, 6) is 1.31. The van der Waals surface area contributed by atoms with Crippen LogP contribution in [-0.2, 0) is 0 Å². The molecule has 20 heavy (non-hydrogen) atoms. The van der Waals surface area contributed by atoms with Crippen molar-refractivity contribution in [2.75, 3.05) is 5.32 Å². The van der Waals surface area contributed by atoms with E-state index in [1.807, 2.05) is 6.07 Å². The van der Waals surface area contributed by atoms with Gasteiger partial charge in [0.25, 0.3) is 0 Å². The Morgan fingerprint density at radius 3 is 2.05 bits per heavy atom. The molecule has 4 heteroatoms. The van der Waals surface area contributed by atoms with Crippen LogP contribution in [0.2, 0.25) is 0 Å². The maximum absolute atomic E-state index is 12.4. The molecule has 0 fully saturated rings. The highest BCUT2D eigenvalue weighted by atomic mass is 19.3. The van der Waals surface area contributed by atoms with E-state index in [9.17, 15) is 8.78 Å². The summed E-state index contributed by atoms with van der Waals surface area (Å²) in [5.41, 5.74) is 0.638. The van der Waals surface area contributed by atoms with Gasteiger partial charge in [-0.05, 0) is 36.8 Å². The molecule has 0 spiro atoms. The molecule has 0 aliphatic rings. The normalized spacial score (nSPS) is 11.7. The van der Waals surface area contributed by atoms with Gasteiger partial charge < -0.3 is 10.1 Å². The predicted octanol–water partition coefficient (Wildman–Crippen LogP) is 5.16. The summed E-state index contributed by atoms with van der Waals surface area (Å²) >= 11 is 0. The first kappa shape index (κ1) is 16.7. The third-order valence-corrected chi connectivity index (χ3v) is 2.97. The monoisotopic (exact) mass is 285 g/mol. The number of rotatable bonds is 8. The fourth-order valence-electron chi connectivity index (χ4n) is 2.36. The molecular formula is C16H25F2NO. The summed E-state index contributed by atoms with van der Waals surface area (Å²) in [6.45, 7) is 5.85. The quantitative estimate of drug-likeness (QED) is 0.712. The minimum atomic E-state index is -2.80.